The monoisotopic (exact) mass is 160 g/mol. The predicted octanol–water partition coefficient (Wildman–Crippen LogP) is 1.39. The average molecular weight is 160 g/mol. The Morgan fingerprint density at radius 1 is 1.42 bits per heavy atom. The molecule has 2 nitrogen and oxygen atoms in total. The Morgan fingerprint density at radius 3 is 2.50 bits per heavy atom. The van der Waals surface area contributed by atoms with E-state index >= 15 is 0 Å². The molecule has 0 heterocycles. The van der Waals surface area contributed by atoms with Crippen LogP contribution in [0, 0.1) is 18.3 Å². The van der Waals surface area contributed by atoms with E-state index in [2.05, 4.69) is 0 Å². The zero-order valence-corrected chi connectivity index (χ0v) is 7.12. The van der Waals surface area contributed by atoms with Gasteiger partial charge in [0.25, 0.3) is 0 Å². The maximum absolute atomic E-state index is 8.48. The summed E-state index contributed by atoms with van der Waals surface area (Å²) in [4.78, 5) is 0. The van der Waals surface area contributed by atoms with Gasteiger partial charge in [0.15, 0.2) is 0 Å². The molecule has 62 valence electrons. The lowest BCUT2D eigenvalue weighted by Gasteiger charge is -2.02. The van der Waals surface area contributed by atoms with Crippen molar-refractivity contribution in [1.29, 1.82) is 5.26 Å². The first-order valence-corrected chi connectivity index (χ1v) is 3.93. The lowest BCUT2D eigenvalue weighted by Crippen LogP contribution is -2.19. The first-order valence-electron chi connectivity index (χ1n) is 3.93. The van der Waals surface area contributed by atoms with Crippen LogP contribution in [0.4, 0.5) is 0 Å². The fraction of sp³-hybridized carbons (Fsp3) is 0.300. The largest absolute Gasteiger partial charge is 0.316 e. The molecule has 0 radical (unpaired) electrons. The third kappa shape index (κ3) is 2.37. The Labute approximate surface area is 72.6 Å². The zero-order chi connectivity index (χ0) is 8.97. The summed E-state index contributed by atoms with van der Waals surface area (Å²) in [6, 6.07) is 9.69. The molecule has 2 heteroatoms. The van der Waals surface area contributed by atoms with Crippen molar-refractivity contribution >= 4 is 0 Å². The van der Waals surface area contributed by atoms with E-state index in [1.807, 2.05) is 37.3 Å². The smallest absolute Gasteiger partial charge is 0.0968 e. The van der Waals surface area contributed by atoms with Crippen LogP contribution >= 0.6 is 0 Å². The van der Waals surface area contributed by atoms with Gasteiger partial charge in [0.2, 0.25) is 0 Å². The van der Waals surface area contributed by atoms with Gasteiger partial charge >= 0.3 is 0 Å². The molecule has 0 bridgehead atoms. The molecular formula is C10H12N2. The lowest BCUT2D eigenvalue weighted by molar-refractivity contribution is 0.823. The fourth-order valence-corrected chi connectivity index (χ4v) is 1.02. The second-order valence-electron chi connectivity index (χ2n) is 2.93. The van der Waals surface area contributed by atoms with E-state index in [1.165, 1.54) is 5.56 Å². The van der Waals surface area contributed by atoms with Crippen LogP contribution in [0.1, 0.15) is 11.1 Å². The Balaban J connectivity index is 2.66. The van der Waals surface area contributed by atoms with Crippen LogP contribution in [-0.4, -0.2) is 6.04 Å². The van der Waals surface area contributed by atoms with Gasteiger partial charge in [-0.1, -0.05) is 29.8 Å². The normalized spacial score (nSPS) is 12.1. The summed E-state index contributed by atoms with van der Waals surface area (Å²) < 4.78 is 0. The van der Waals surface area contributed by atoms with Gasteiger partial charge in [0.1, 0.15) is 0 Å². The summed E-state index contributed by atoms with van der Waals surface area (Å²) in [5.74, 6) is 0. The van der Waals surface area contributed by atoms with Gasteiger partial charge in [0, 0.05) is 6.42 Å². The van der Waals surface area contributed by atoms with E-state index in [-0.39, 0.29) is 6.04 Å². The molecule has 12 heavy (non-hydrogen) atoms. The van der Waals surface area contributed by atoms with E-state index < -0.39 is 0 Å². The van der Waals surface area contributed by atoms with Crippen LogP contribution in [0.15, 0.2) is 24.3 Å². The van der Waals surface area contributed by atoms with Gasteiger partial charge in [-0.3, -0.25) is 0 Å². The summed E-state index contributed by atoms with van der Waals surface area (Å²) in [5, 5.41) is 8.48. The number of nitriles is 1. The number of benzene rings is 1. The molecule has 1 aromatic carbocycles. The number of nitrogens with zero attached hydrogens (tertiary/aromatic N) is 1. The summed E-state index contributed by atoms with van der Waals surface area (Å²) in [7, 11) is 0. The van der Waals surface area contributed by atoms with E-state index in [9.17, 15) is 0 Å². The SMILES string of the molecule is Cc1ccc(CC(N)C#N)cc1. The predicted molar refractivity (Wildman–Crippen MR) is 48.5 cm³/mol. The van der Waals surface area contributed by atoms with Crippen molar-refractivity contribution in [1.82, 2.24) is 0 Å². The number of rotatable bonds is 2. The van der Waals surface area contributed by atoms with E-state index in [0.29, 0.717) is 6.42 Å². The fourth-order valence-electron chi connectivity index (χ4n) is 1.02. The maximum Gasteiger partial charge on any atom is 0.0968 e. The van der Waals surface area contributed by atoms with Crippen molar-refractivity contribution in [3.8, 4) is 6.07 Å². The number of hydrogen-bond donors (Lipinski definition) is 1. The van der Waals surface area contributed by atoms with Gasteiger partial charge < -0.3 is 5.73 Å². The number of hydrogen-bond acceptors (Lipinski definition) is 2. The molecule has 0 aliphatic heterocycles. The maximum atomic E-state index is 8.48. The van der Waals surface area contributed by atoms with E-state index in [1.54, 1.807) is 0 Å². The highest BCUT2D eigenvalue weighted by Gasteiger charge is 2.00. The third-order valence-electron chi connectivity index (χ3n) is 1.74. The first-order chi connectivity index (χ1) is 5.72. The van der Waals surface area contributed by atoms with Gasteiger partial charge in [-0.2, -0.15) is 5.26 Å². The van der Waals surface area contributed by atoms with Gasteiger partial charge in [-0.25, -0.2) is 0 Å². The third-order valence-corrected chi connectivity index (χ3v) is 1.74. The minimum Gasteiger partial charge on any atom is -0.316 e. The molecule has 0 saturated heterocycles. The highest BCUT2D eigenvalue weighted by atomic mass is 14.6. The van der Waals surface area contributed by atoms with Crippen molar-refractivity contribution in [3.05, 3.63) is 35.4 Å². The lowest BCUT2D eigenvalue weighted by atomic mass is 10.1. The Kier molecular flexibility index (Phi) is 2.84. The minimum absolute atomic E-state index is 0.382. The van der Waals surface area contributed by atoms with Crippen molar-refractivity contribution in [2.24, 2.45) is 5.73 Å². The molecule has 0 spiro atoms. The Morgan fingerprint density at radius 2 is 2.00 bits per heavy atom. The summed E-state index contributed by atoms with van der Waals surface area (Å²) in [6.45, 7) is 2.04. The topological polar surface area (TPSA) is 49.8 Å². The molecule has 1 aromatic rings. The standard InChI is InChI=1S/C10H12N2/c1-8-2-4-9(5-3-8)6-10(12)7-11/h2-5,10H,6,12H2,1H3. The Bertz CT molecular complexity index is 282. The van der Waals surface area contributed by atoms with Crippen molar-refractivity contribution in [2.75, 3.05) is 0 Å². The summed E-state index contributed by atoms with van der Waals surface area (Å²) in [5.41, 5.74) is 7.83. The van der Waals surface area contributed by atoms with Crippen molar-refractivity contribution in [3.63, 3.8) is 0 Å². The molecule has 0 aliphatic rings. The molecule has 1 unspecified atom stereocenters. The highest BCUT2D eigenvalue weighted by Crippen LogP contribution is 2.04. The number of aryl methyl sites for hydroxylation is 1. The van der Waals surface area contributed by atoms with Crippen LogP contribution in [-0.2, 0) is 6.42 Å². The van der Waals surface area contributed by atoms with Crippen LogP contribution < -0.4 is 5.73 Å². The van der Waals surface area contributed by atoms with Crippen LogP contribution in [0.5, 0.6) is 0 Å². The number of nitrogens with two attached hydrogens (primary N) is 1. The molecule has 0 fully saturated rings. The molecule has 0 amide bonds. The summed E-state index contributed by atoms with van der Waals surface area (Å²) >= 11 is 0. The van der Waals surface area contributed by atoms with Crippen LogP contribution in [0.3, 0.4) is 0 Å². The molecule has 2 N–H and O–H groups in total. The minimum atomic E-state index is -0.382. The molecule has 1 rings (SSSR count). The molecule has 0 saturated carbocycles. The van der Waals surface area contributed by atoms with Gasteiger partial charge in [-0.05, 0) is 12.5 Å². The average Bonchev–Trinajstić information content (AvgIpc) is 2.09. The first kappa shape index (κ1) is 8.76. The second kappa shape index (κ2) is 3.89. The quantitative estimate of drug-likeness (QED) is 0.710. The van der Waals surface area contributed by atoms with E-state index in [0.717, 1.165) is 5.56 Å². The Hall–Kier alpha value is -1.33. The van der Waals surface area contributed by atoms with E-state index in [4.69, 9.17) is 11.0 Å². The highest BCUT2D eigenvalue weighted by molar-refractivity contribution is 5.22. The van der Waals surface area contributed by atoms with Crippen LogP contribution in [0.2, 0.25) is 0 Å². The van der Waals surface area contributed by atoms with Gasteiger partial charge in [-0.15, -0.1) is 0 Å². The zero-order valence-electron chi connectivity index (χ0n) is 7.12. The summed E-state index contributed by atoms with van der Waals surface area (Å²) in [6.07, 6.45) is 0.636. The van der Waals surface area contributed by atoms with Gasteiger partial charge in [0.05, 0.1) is 12.1 Å². The molecule has 1 atom stereocenters. The molecular weight excluding hydrogens is 148 g/mol. The van der Waals surface area contributed by atoms with Crippen LogP contribution in [0.25, 0.3) is 0 Å². The second-order valence-corrected chi connectivity index (χ2v) is 2.93. The van der Waals surface area contributed by atoms with Crippen molar-refractivity contribution < 1.29 is 0 Å². The molecule has 0 aromatic heterocycles. The molecule has 0 aliphatic carbocycles. The van der Waals surface area contributed by atoms with Crippen molar-refractivity contribution in [2.45, 2.75) is 19.4 Å².